The lowest BCUT2D eigenvalue weighted by Gasteiger charge is -2.09. The van der Waals surface area contributed by atoms with Crippen molar-refractivity contribution in [2.45, 2.75) is 6.92 Å². The molecule has 0 N–H and O–H groups in total. The van der Waals surface area contributed by atoms with Crippen molar-refractivity contribution in [1.29, 1.82) is 0 Å². The molecular weight excluding hydrogens is 290 g/mol. The van der Waals surface area contributed by atoms with Gasteiger partial charge in [0, 0.05) is 5.56 Å². The van der Waals surface area contributed by atoms with Gasteiger partial charge in [-0.1, -0.05) is 29.3 Å². The predicted molar refractivity (Wildman–Crippen MR) is 72.9 cm³/mol. The molecule has 5 heteroatoms. The van der Waals surface area contributed by atoms with Gasteiger partial charge < -0.3 is 4.74 Å². The van der Waals surface area contributed by atoms with Crippen LogP contribution < -0.4 is 4.74 Å². The monoisotopic (exact) mass is 298 g/mol. The molecule has 0 aromatic heterocycles. The quantitative estimate of drug-likeness (QED) is 0.735. The van der Waals surface area contributed by atoms with E-state index in [1.54, 1.807) is 18.2 Å². The van der Waals surface area contributed by atoms with E-state index in [1.807, 2.05) is 0 Å². The summed E-state index contributed by atoms with van der Waals surface area (Å²) in [6.45, 7) is 1.36. The third kappa shape index (κ3) is 3.06. The lowest BCUT2D eigenvalue weighted by molar-refractivity contribution is 0.101. The zero-order valence-electron chi connectivity index (χ0n) is 9.91. The van der Waals surface area contributed by atoms with E-state index in [1.165, 1.54) is 19.1 Å². The summed E-state index contributed by atoms with van der Waals surface area (Å²) in [5.74, 6) is -0.618. The maximum Gasteiger partial charge on any atom is 0.166 e. The molecule has 0 aliphatic carbocycles. The van der Waals surface area contributed by atoms with Crippen molar-refractivity contribution in [1.82, 2.24) is 0 Å². The first kappa shape index (κ1) is 13.8. The van der Waals surface area contributed by atoms with E-state index in [-0.39, 0.29) is 27.9 Å². The Balaban J connectivity index is 2.34. The van der Waals surface area contributed by atoms with E-state index in [9.17, 15) is 9.18 Å². The van der Waals surface area contributed by atoms with E-state index < -0.39 is 5.82 Å². The molecule has 0 unspecified atom stereocenters. The van der Waals surface area contributed by atoms with E-state index in [4.69, 9.17) is 27.9 Å². The van der Waals surface area contributed by atoms with Gasteiger partial charge in [0.2, 0.25) is 0 Å². The maximum absolute atomic E-state index is 13.8. The lowest BCUT2D eigenvalue weighted by Crippen LogP contribution is -1.95. The van der Waals surface area contributed by atoms with Gasteiger partial charge in [-0.25, -0.2) is 4.39 Å². The Bertz CT molecular complexity index is 641. The number of carbonyl (C=O) groups excluding carboxylic acids is 1. The van der Waals surface area contributed by atoms with Crippen molar-refractivity contribution in [3.05, 3.63) is 57.8 Å². The summed E-state index contributed by atoms with van der Waals surface area (Å²) in [6.07, 6.45) is 0. The average Bonchev–Trinajstić information content (AvgIpc) is 2.37. The van der Waals surface area contributed by atoms with E-state index in [0.717, 1.165) is 6.07 Å². The number of ether oxygens (including phenoxy) is 1. The van der Waals surface area contributed by atoms with Crippen LogP contribution in [0.4, 0.5) is 4.39 Å². The number of hydrogen-bond acceptors (Lipinski definition) is 2. The van der Waals surface area contributed by atoms with Crippen molar-refractivity contribution < 1.29 is 13.9 Å². The molecule has 0 fully saturated rings. The minimum absolute atomic E-state index is 0.0193. The Kier molecular flexibility index (Phi) is 4.08. The SMILES string of the molecule is CC(=O)c1ccc(Oc2cccc(Cl)c2Cl)c(F)c1. The summed E-state index contributed by atoms with van der Waals surface area (Å²) in [7, 11) is 0. The minimum Gasteiger partial charge on any atom is -0.453 e. The van der Waals surface area contributed by atoms with Crippen LogP contribution in [0.2, 0.25) is 10.0 Å². The number of carbonyl (C=O) groups is 1. The second-order valence-electron chi connectivity index (χ2n) is 3.86. The van der Waals surface area contributed by atoms with Gasteiger partial charge in [0.25, 0.3) is 0 Å². The molecule has 0 saturated carbocycles. The molecule has 98 valence electrons. The molecule has 2 aromatic rings. The van der Waals surface area contributed by atoms with Crippen molar-refractivity contribution in [2.75, 3.05) is 0 Å². The highest BCUT2D eigenvalue weighted by atomic mass is 35.5. The van der Waals surface area contributed by atoms with Crippen molar-refractivity contribution in [3.63, 3.8) is 0 Å². The fourth-order valence-electron chi connectivity index (χ4n) is 1.48. The number of rotatable bonds is 3. The largest absolute Gasteiger partial charge is 0.453 e. The second kappa shape index (κ2) is 5.59. The van der Waals surface area contributed by atoms with Crippen LogP contribution in [0.3, 0.4) is 0 Å². The second-order valence-corrected chi connectivity index (χ2v) is 4.64. The smallest absolute Gasteiger partial charge is 0.166 e. The van der Waals surface area contributed by atoms with Gasteiger partial charge in [0.05, 0.1) is 5.02 Å². The van der Waals surface area contributed by atoms with Gasteiger partial charge in [0.15, 0.2) is 17.3 Å². The molecule has 0 radical (unpaired) electrons. The Morgan fingerprint density at radius 1 is 1.16 bits per heavy atom. The van der Waals surface area contributed by atoms with Crippen molar-refractivity contribution in [3.8, 4) is 11.5 Å². The minimum atomic E-state index is -0.635. The van der Waals surface area contributed by atoms with Crippen LogP contribution in [0.15, 0.2) is 36.4 Å². The van der Waals surface area contributed by atoms with Crippen LogP contribution in [0.25, 0.3) is 0 Å². The number of benzene rings is 2. The number of Topliss-reactive ketones (excluding diaryl/α,β-unsaturated/α-hetero) is 1. The predicted octanol–water partition coefficient (Wildman–Crippen LogP) is 5.13. The summed E-state index contributed by atoms with van der Waals surface area (Å²) < 4.78 is 19.1. The Hall–Kier alpha value is -1.58. The molecule has 0 spiro atoms. The number of hydrogen-bond donors (Lipinski definition) is 0. The van der Waals surface area contributed by atoms with E-state index in [0.29, 0.717) is 5.02 Å². The molecular formula is C14H9Cl2FO2. The van der Waals surface area contributed by atoms with Crippen LogP contribution in [-0.2, 0) is 0 Å². The summed E-state index contributed by atoms with van der Waals surface area (Å²) in [4.78, 5) is 11.1. The number of ketones is 1. The van der Waals surface area contributed by atoms with E-state index >= 15 is 0 Å². The molecule has 2 rings (SSSR count). The topological polar surface area (TPSA) is 26.3 Å². The standard InChI is InChI=1S/C14H9Cl2FO2/c1-8(18)9-5-6-12(11(17)7-9)19-13-4-2-3-10(15)14(13)16/h2-7H,1H3. The normalized spacial score (nSPS) is 10.3. The molecule has 0 aliphatic heterocycles. The van der Waals surface area contributed by atoms with Crippen LogP contribution in [0, 0.1) is 5.82 Å². The van der Waals surface area contributed by atoms with Gasteiger partial charge in [-0.3, -0.25) is 4.79 Å². The fourth-order valence-corrected chi connectivity index (χ4v) is 1.81. The molecule has 0 atom stereocenters. The van der Waals surface area contributed by atoms with Gasteiger partial charge >= 0.3 is 0 Å². The first-order valence-electron chi connectivity index (χ1n) is 5.41. The van der Waals surface area contributed by atoms with Gasteiger partial charge in [0.1, 0.15) is 10.8 Å². The first-order chi connectivity index (χ1) is 8.99. The van der Waals surface area contributed by atoms with Gasteiger partial charge in [-0.05, 0) is 37.3 Å². The number of halogens is 3. The first-order valence-corrected chi connectivity index (χ1v) is 6.17. The summed E-state index contributed by atoms with van der Waals surface area (Å²) in [6, 6.07) is 8.81. The third-order valence-corrected chi connectivity index (χ3v) is 3.28. The van der Waals surface area contributed by atoms with Gasteiger partial charge in [-0.2, -0.15) is 0 Å². The van der Waals surface area contributed by atoms with Gasteiger partial charge in [-0.15, -0.1) is 0 Å². The molecule has 0 heterocycles. The molecule has 0 bridgehead atoms. The van der Waals surface area contributed by atoms with Crippen LogP contribution in [-0.4, -0.2) is 5.78 Å². The zero-order chi connectivity index (χ0) is 14.0. The molecule has 2 nitrogen and oxygen atoms in total. The Morgan fingerprint density at radius 3 is 2.53 bits per heavy atom. The Labute approximate surface area is 119 Å². The molecule has 0 amide bonds. The molecule has 19 heavy (non-hydrogen) atoms. The van der Waals surface area contributed by atoms with Crippen LogP contribution in [0.5, 0.6) is 11.5 Å². The maximum atomic E-state index is 13.8. The highest BCUT2D eigenvalue weighted by Gasteiger charge is 2.11. The molecule has 0 saturated heterocycles. The molecule has 2 aromatic carbocycles. The third-order valence-electron chi connectivity index (χ3n) is 2.47. The fraction of sp³-hybridized carbons (Fsp3) is 0.0714. The molecule has 0 aliphatic rings. The summed E-state index contributed by atoms with van der Waals surface area (Å²) >= 11 is 11.8. The summed E-state index contributed by atoms with van der Waals surface area (Å²) in [5.41, 5.74) is 0.280. The van der Waals surface area contributed by atoms with Crippen LogP contribution in [0.1, 0.15) is 17.3 Å². The van der Waals surface area contributed by atoms with Crippen molar-refractivity contribution >= 4 is 29.0 Å². The average molecular weight is 299 g/mol. The highest BCUT2D eigenvalue weighted by molar-refractivity contribution is 6.42. The lowest BCUT2D eigenvalue weighted by atomic mass is 10.1. The van der Waals surface area contributed by atoms with E-state index in [2.05, 4.69) is 0 Å². The van der Waals surface area contributed by atoms with Crippen molar-refractivity contribution in [2.24, 2.45) is 0 Å². The zero-order valence-corrected chi connectivity index (χ0v) is 11.4. The van der Waals surface area contributed by atoms with Crippen LogP contribution >= 0.6 is 23.2 Å². The summed E-state index contributed by atoms with van der Waals surface area (Å²) in [5, 5.41) is 0.527. The Morgan fingerprint density at radius 2 is 1.89 bits per heavy atom. The highest BCUT2D eigenvalue weighted by Crippen LogP contribution is 2.35.